The van der Waals surface area contributed by atoms with Gasteiger partial charge in [-0.1, -0.05) is 6.07 Å². The van der Waals surface area contributed by atoms with E-state index in [0.717, 1.165) is 0 Å². The molecular weight excluding hydrogens is 221 g/mol. The monoisotopic (exact) mass is 231 g/mol. The van der Waals surface area contributed by atoms with Crippen molar-refractivity contribution < 1.29 is 13.9 Å². The predicted molar refractivity (Wildman–Crippen MR) is 55.7 cm³/mol. The average Bonchev–Trinajstić information content (AvgIpc) is 2.18. The van der Waals surface area contributed by atoms with Gasteiger partial charge >= 0.3 is 5.37 Å². The highest BCUT2D eigenvalue weighted by atomic mass is 35.5. The summed E-state index contributed by atoms with van der Waals surface area (Å²) in [6.45, 7) is 0.267. The molecule has 0 unspecified atom stereocenters. The Labute approximate surface area is 92.4 Å². The second kappa shape index (κ2) is 4.98. The summed E-state index contributed by atoms with van der Waals surface area (Å²) in [5, 5.41) is -0.578. The summed E-state index contributed by atoms with van der Waals surface area (Å²) >= 11 is 5.25. The van der Waals surface area contributed by atoms with Crippen molar-refractivity contribution in [2.45, 2.75) is 6.54 Å². The maximum atomic E-state index is 13.2. The van der Waals surface area contributed by atoms with Crippen LogP contribution >= 0.6 is 11.6 Å². The predicted octanol–water partition coefficient (Wildman–Crippen LogP) is 2.62. The third-order valence-corrected chi connectivity index (χ3v) is 2.22. The fourth-order valence-electron chi connectivity index (χ4n) is 1.14. The van der Waals surface area contributed by atoms with Crippen LogP contribution in [0.15, 0.2) is 18.2 Å². The zero-order valence-corrected chi connectivity index (χ0v) is 9.21. The molecule has 1 aromatic rings. The molecule has 1 amide bonds. The molecular formula is C10H11ClFNO2. The quantitative estimate of drug-likeness (QED) is 0.591. The number of halogens is 2. The van der Waals surface area contributed by atoms with Gasteiger partial charge in [0.25, 0.3) is 0 Å². The Morgan fingerprint density at radius 3 is 2.73 bits per heavy atom. The van der Waals surface area contributed by atoms with Crippen LogP contribution in [-0.4, -0.2) is 24.4 Å². The van der Waals surface area contributed by atoms with Crippen LogP contribution in [0.25, 0.3) is 0 Å². The number of carbonyl (C=O) groups is 1. The molecule has 0 heterocycles. The third-order valence-electron chi connectivity index (χ3n) is 1.94. The smallest absolute Gasteiger partial charge is 0.316 e. The highest BCUT2D eigenvalue weighted by Crippen LogP contribution is 2.18. The molecule has 0 aliphatic heterocycles. The standard InChI is InChI=1S/C10H11ClFNO2/c1-13(10(11)14)6-7-3-4-9(15-2)8(12)5-7/h3-5H,6H2,1-2H3. The molecule has 82 valence electrons. The molecule has 0 aromatic heterocycles. The molecule has 0 N–H and O–H groups in total. The van der Waals surface area contributed by atoms with Crippen LogP contribution in [0.3, 0.4) is 0 Å². The van der Waals surface area contributed by atoms with Crippen molar-refractivity contribution in [1.29, 1.82) is 0 Å². The Bertz CT molecular complexity index is 370. The van der Waals surface area contributed by atoms with Gasteiger partial charge in [0.1, 0.15) is 0 Å². The van der Waals surface area contributed by atoms with Gasteiger partial charge in [-0.2, -0.15) is 0 Å². The SMILES string of the molecule is COc1ccc(CN(C)C(=O)Cl)cc1F. The maximum Gasteiger partial charge on any atom is 0.316 e. The summed E-state index contributed by atoms with van der Waals surface area (Å²) in [5.41, 5.74) is 0.657. The van der Waals surface area contributed by atoms with Gasteiger partial charge in [-0.15, -0.1) is 0 Å². The van der Waals surface area contributed by atoms with Crippen molar-refractivity contribution in [3.8, 4) is 5.75 Å². The number of methoxy groups -OCH3 is 1. The third kappa shape index (κ3) is 3.09. The molecule has 0 aliphatic rings. The van der Waals surface area contributed by atoms with Crippen LogP contribution in [-0.2, 0) is 6.54 Å². The minimum atomic E-state index is -0.578. The van der Waals surface area contributed by atoms with Gasteiger partial charge in [-0.05, 0) is 29.3 Å². The topological polar surface area (TPSA) is 29.5 Å². The van der Waals surface area contributed by atoms with Crippen molar-refractivity contribution in [3.05, 3.63) is 29.6 Å². The van der Waals surface area contributed by atoms with Crippen LogP contribution < -0.4 is 4.74 Å². The number of ether oxygens (including phenoxy) is 1. The second-order valence-corrected chi connectivity index (χ2v) is 3.40. The number of hydrogen-bond donors (Lipinski definition) is 0. The van der Waals surface area contributed by atoms with E-state index in [9.17, 15) is 9.18 Å². The van der Waals surface area contributed by atoms with Crippen LogP contribution in [0, 0.1) is 5.82 Å². The first kappa shape index (κ1) is 11.8. The lowest BCUT2D eigenvalue weighted by atomic mass is 10.2. The van der Waals surface area contributed by atoms with Crippen molar-refractivity contribution in [1.82, 2.24) is 4.90 Å². The number of nitrogens with zero attached hydrogens (tertiary/aromatic N) is 1. The Balaban J connectivity index is 2.79. The zero-order valence-electron chi connectivity index (χ0n) is 8.46. The van der Waals surface area contributed by atoms with Gasteiger partial charge in [0.2, 0.25) is 0 Å². The van der Waals surface area contributed by atoms with E-state index in [1.165, 1.54) is 31.2 Å². The summed E-state index contributed by atoms with van der Waals surface area (Å²) in [5.74, 6) is -0.274. The van der Waals surface area contributed by atoms with Crippen molar-refractivity contribution in [2.24, 2.45) is 0 Å². The van der Waals surface area contributed by atoms with E-state index in [4.69, 9.17) is 16.3 Å². The normalized spacial score (nSPS) is 9.87. The Kier molecular flexibility index (Phi) is 3.91. The molecule has 0 aliphatic carbocycles. The molecule has 15 heavy (non-hydrogen) atoms. The van der Waals surface area contributed by atoms with E-state index < -0.39 is 11.2 Å². The van der Waals surface area contributed by atoms with E-state index in [-0.39, 0.29) is 12.3 Å². The second-order valence-electron chi connectivity index (χ2n) is 3.08. The number of benzene rings is 1. The maximum absolute atomic E-state index is 13.2. The van der Waals surface area contributed by atoms with Gasteiger partial charge in [-0.3, -0.25) is 4.79 Å². The largest absolute Gasteiger partial charge is 0.494 e. The van der Waals surface area contributed by atoms with Crippen molar-refractivity contribution >= 4 is 17.0 Å². The summed E-state index contributed by atoms with van der Waals surface area (Å²) < 4.78 is 18.0. The van der Waals surface area contributed by atoms with E-state index in [2.05, 4.69) is 0 Å². The summed E-state index contributed by atoms with van der Waals surface area (Å²) in [7, 11) is 2.93. The van der Waals surface area contributed by atoms with E-state index >= 15 is 0 Å². The molecule has 5 heteroatoms. The average molecular weight is 232 g/mol. The first-order valence-corrected chi connectivity index (χ1v) is 4.65. The molecule has 1 rings (SSSR count). The Morgan fingerprint density at radius 2 is 2.27 bits per heavy atom. The van der Waals surface area contributed by atoms with Crippen LogP contribution in [0.2, 0.25) is 0 Å². The van der Waals surface area contributed by atoms with Crippen LogP contribution in [0.1, 0.15) is 5.56 Å². The number of hydrogen-bond acceptors (Lipinski definition) is 2. The molecule has 0 atom stereocenters. The van der Waals surface area contributed by atoms with Crippen molar-refractivity contribution in [3.63, 3.8) is 0 Å². The summed E-state index contributed by atoms with van der Waals surface area (Å²) in [4.78, 5) is 12.0. The molecule has 1 aromatic carbocycles. The summed E-state index contributed by atoms with van der Waals surface area (Å²) in [6, 6.07) is 4.50. The molecule has 0 radical (unpaired) electrons. The first-order valence-electron chi connectivity index (χ1n) is 4.27. The van der Waals surface area contributed by atoms with E-state index in [0.29, 0.717) is 5.56 Å². The number of amides is 1. The Hall–Kier alpha value is -1.29. The van der Waals surface area contributed by atoms with Crippen LogP contribution in [0.4, 0.5) is 9.18 Å². The molecule has 0 saturated heterocycles. The lowest BCUT2D eigenvalue weighted by Crippen LogP contribution is -2.20. The number of carbonyl (C=O) groups excluding carboxylic acids is 1. The number of rotatable bonds is 3. The minimum Gasteiger partial charge on any atom is -0.494 e. The van der Waals surface area contributed by atoms with Gasteiger partial charge in [-0.25, -0.2) is 4.39 Å². The van der Waals surface area contributed by atoms with Crippen LogP contribution in [0.5, 0.6) is 5.75 Å². The van der Waals surface area contributed by atoms with Gasteiger partial charge in [0, 0.05) is 13.6 Å². The fraction of sp³-hybridized carbons (Fsp3) is 0.300. The highest BCUT2D eigenvalue weighted by Gasteiger charge is 2.08. The lowest BCUT2D eigenvalue weighted by Gasteiger charge is -2.13. The molecule has 0 spiro atoms. The zero-order chi connectivity index (χ0) is 11.4. The van der Waals surface area contributed by atoms with Gasteiger partial charge in [0.15, 0.2) is 11.6 Å². The van der Waals surface area contributed by atoms with E-state index in [1.54, 1.807) is 6.07 Å². The first-order chi connectivity index (χ1) is 7.04. The van der Waals surface area contributed by atoms with Crippen molar-refractivity contribution in [2.75, 3.05) is 14.2 Å². The summed E-state index contributed by atoms with van der Waals surface area (Å²) in [6.07, 6.45) is 0. The fourth-order valence-corrected chi connectivity index (χ4v) is 1.20. The minimum absolute atomic E-state index is 0.179. The van der Waals surface area contributed by atoms with Gasteiger partial charge in [0.05, 0.1) is 7.11 Å². The van der Waals surface area contributed by atoms with E-state index in [1.807, 2.05) is 0 Å². The van der Waals surface area contributed by atoms with Gasteiger partial charge < -0.3 is 9.64 Å². The molecule has 0 fully saturated rings. The molecule has 3 nitrogen and oxygen atoms in total. The molecule has 0 saturated carbocycles. The lowest BCUT2D eigenvalue weighted by molar-refractivity contribution is 0.230. The Morgan fingerprint density at radius 1 is 1.60 bits per heavy atom. The highest BCUT2D eigenvalue weighted by molar-refractivity contribution is 6.62. The molecule has 0 bridgehead atoms.